The van der Waals surface area contributed by atoms with Crippen molar-refractivity contribution in [2.75, 3.05) is 0 Å². The molecule has 2 aromatic rings. The zero-order valence-corrected chi connectivity index (χ0v) is 9.35. The van der Waals surface area contributed by atoms with Gasteiger partial charge in [0.15, 0.2) is 0 Å². The average Bonchev–Trinajstić information content (AvgIpc) is 2.30. The molecule has 1 N–H and O–H groups in total. The van der Waals surface area contributed by atoms with Crippen LogP contribution in [0.4, 0.5) is 0 Å². The number of para-hydroxylation sites is 1. The summed E-state index contributed by atoms with van der Waals surface area (Å²) >= 11 is 0. The van der Waals surface area contributed by atoms with Gasteiger partial charge in [0, 0.05) is 11.9 Å². The second-order valence-corrected chi connectivity index (χ2v) is 3.96. The van der Waals surface area contributed by atoms with Gasteiger partial charge in [-0.3, -0.25) is 4.98 Å². The highest BCUT2D eigenvalue weighted by Crippen LogP contribution is 2.17. The first-order valence-corrected chi connectivity index (χ1v) is 5.44. The molecule has 1 aromatic heterocycles. The minimum Gasteiger partial charge on any atom is -0.508 e. The lowest BCUT2D eigenvalue weighted by atomic mass is 10.1. The Bertz CT molecular complexity index is 462. The topological polar surface area (TPSA) is 33.1 Å². The Morgan fingerprint density at radius 1 is 1.06 bits per heavy atom. The van der Waals surface area contributed by atoms with E-state index in [4.69, 9.17) is 0 Å². The van der Waals surface area contributed by atoms with Crippen molar-refractivity contribution >= 4 is 0 Å². The maximum Gasteiger partial charge on any atom is 0.118 e. The summed E-state index contributed by atoms with van der Waals surface area (Å²) in [6, 6.07) is 11.5. The van der Waals surface area contributed by atoms with Gasteiger partial charge in [0.05, 0.1) is 0 Å². The van der Waals surface area contributed by atoms with Crippen LogP contribution in [0, 0.1) is 6.92 Å². The molecule has 0 spiro atoms. The summed E-state index contributed by atoms with van der Waals surface area (Å²) in [5.41, 5.74) is 3.21. The van der Waals surface area contributed by atoms with E-state index in [0.717, 1.165) is 24.1 Å². The molecule has 0 atom stereocenters. The molecular formula is C14H15NO. The third kappa shape index (κ3) is 2.60. The largest absolute Gasteiger partial charge is 0.508 e. The van der Waals surface area contributed by atoms with Gasteiger partial charge in [-0.25, -0.2) is 0 Å². The Morgan fingerprint density at radius 2 is 1.88 bits per heavy atom. The number of aromatic nitrogens is 1. The molecule has 0 bridgehead atoms. The second-order valence-electron chi connectivity index (χ2n) is 3.96. The number of phenols is 1. The Balaban J connectivity index is 2.02. The van der Waals surface area contributed by atoms with E-state index in [1.54, 1.807) is 6.07 Å². The van der Waals surface area contributed by atoms with E-state index in [1.807, 2.05) is 37.4 Å². The fourth-order valence-electron chi connectivity index (χ4n) is 1.63. The van der Waals surface area contributed by atoms with E-state index in [0.29, 0.717) is 5.75 Å². The molecule has 82 valence electrons. The third-order valence-electron chi connectivity index (χ3n) is 2.61. The van der Waals surface area contributed by atoms with Crippen LogP contribution in [0.25, 0.3) is 0 Å². The Hall–Kier alpha value is -1.83. The summed E-state index contributed by atoms with van der Waals surface area (Å²) in [6.07, 6.45) is 3.56. The van der Waals surface area contributed by atoms with Crippen molar-refractivity contribution < 1.29 is 5.11 Å². The van der Waals surface area contributed by atoms with Crippen LogP contribution >= 0.6 is 0 Å². The number of benzene rings is 1. The summed E-state index contributed by atoms with van der Waals surface area (Å²) in [6.45, 7) is 2.03. The van der Waals surface area contributed by atoms with Crippen molar-refractivity contribution in [3.63, 3.8) is 0 Å². The smallest absolute Gasteiger partial charge is 0.118 e. The maximum atomic E-state index is 9.61. The highest BCUT2D eigenvalue weighted by atomic mass is 16.3. The normalized spacial score (nSPS) is 10.3. The lowest BCUT2D eigenvalue weighted by Gasteiger charge is -2.04. The van der Waals surface area contributed by atoms with E-state index >= 15 is 0 Å². The van der Waals surface area contributed by atoms with Gasteiger partial charge in [0.1, 0.15) is 5.75 Å². The molecule has 2 rings (SSSR count). The molecule has 0 aliphatic rings. The van der Waals surface area contributed by atoms with Gasteiger partial charge in [0.2, 0.25) is 0 Å². The first-order chi connectivity index (χ1) is 7.75. The van der Waals surface area contributed by atoms with E-state index in [1.165, 1.54) is 5.56 Å². The Kier molecular flexibility index (Phi) is 3.20. The van der Waals surface area contributed by atoms with E-state index in [-0.39, 0.29) is 0 Å². The number of aromatic hydroxyl groups is 1. The summed E-state index contributed by atoms with van der Waals surface area (Å²) < 4.78 is 0. The highest BCUT2D eigenvalue weighted by molar-refractivity contribution is 5.32. The van der Waals surface area contributed by atoms with Crippen LogP contribution < -0.4 is 0 Å². The standard InChI is InChI=1S/C14H15NO/c1-11-6-8-13(15-10-11)9-7-12-4-2-3-5-14(12)16/h2-6,8,10,16H,7,9H2,1H3. The Labute approximate surface area is 95.6 Å². The van der Waals surface area contributed by atoms with Crippen LogP contribution in [0.15, 0.2) is 42.6 Å². The predicted molar refractivity (Wildman–Crippen MR) is 64.5 cm³/mol. The van der Waals surface area contributed by atoms with Gasteiger partial charge in [0.25, 0.3) is 0 Å². The number of pyridine rings is 1. The van der Waals surface area contributed by atoms with Gasteiger partial charge >= 0.3 is 0 Å². The van der Waals surface area contributed by atoms with Crippen LogP contribution in [0.5, 0.6) is 5.75 Å². The molecule has 0 radical (unpaired) electrons. The zero-order chi connectivity index (χ0) is 11.4. The summed E-state index contributed by atoms with van der Waals surface area (Å²) in [7, 11) is 0. The predicted octanol–water partition coefficient (Wildman–Crippen LogP) is 2.88. The lowest BCUT2D eigenvalue weighted by molar-refractivity contribution is 0.468. The molecule has 2 nitrogen and oxygen atoms in total. The maximum absolute atomic E-state index is 9.61. The summed E-state index contributed by atoms with van der Waals surface area (Å²) in [5.74, 6) is 0.370. The molecule has 16 heavy (non-hydrogen) atoms. The Morgan fingerprint density at radius 3 is 2.56 bits per heavy atom. The molecule has 0 amide bonds. The van der Waals surface area contributed by atoms with Crippen molar-refractivity contribution in [1.82, 2.24) is 4.98 Å². The van der Waals surface area contributed by atoms with Crippen LogP contribution in [0.2, 0.25) is 0 Å². The lowest BCUT2D eigenvalue weighted by Crippen LogP contribution is -1.94. The number of nitrogens with zero attached hydrogens (tertiary/aromatic N) is 1. The van der Waals surface area contributed by atoms with Crippen molar-refractivity contribution in [1.29, 1.82) is 0 Å². The summed E-state index contributed by atoms with van der Waals surface area (Å²) in [4.78, 5) is 4.34. The quantitative estimate of drug-likeness (QED) is 0.850. The molecule has 0 unspecified atom stereocenters. The van der Waals surface area contributed by atoms with Crippen LogP contribution in [-0.4, -0.2) is 10.1 Å². The minimum absolute atomic E-state index is 0.370. The van der Waals surface area contributed by atoms with Crippen molar-refractivity contribution in [2.24, 2.45) is 0 Å². The zero-order valence-electron chi connectivity index (χ0n) is 9.35. The van der Waals surface area contributed by atoms with Gasteiger partial charge in [-0.2, -0.15) is 0 Å². The van der Waals surface area contributed by atoms with Gasteiger partial charge < -0.3 is 5.11 Å². The number of aryl methyl sites for hydroxylation is 3. The monoisotopic (exact) mass is 213 g/mol. The number of rotatable bonds is 3. The van der Waals surface area contributed by atoms with Crippen molar-refractivity contribution in [2.45, 2.75) is 19.8 Å². The molecule has 0 fully saturated rings. The van der Waals surface area contributed by atoms with Crippen LogP contribution in [0.1, 0.15) is 16.8 Å². The number of phenolic OH excluding ortho intramolecular Hbond substituents is 1. The van der Waals surface area contributed by atoms with Crippen LogP contribution in [0.3, 0.4) is 0 Å². The van der Waals surface area contributed by atoms with Gasteiger partial charge in [-0.1, -0.05) is 24.3 Å². The van der Waals surface area contributed by atoms with Crippen molar-refractivity contribution in [3.05, 3.63) is 59.4 Å². The van der Waals surface area contributed by atoms with Gasteiger partial charge in [-0.05, 0) is 43.0 Å². The second kappa shape index (κ2) is 4.79. The molecule has 0 saturated carbocycles. The number of hydrogen-bond donors (Lipinski definition) is 1. The minimum atomic E-state index is 0.370. The average molecular weight is 213 g/mol. The van der Waals surface area contributed by atoms with Gasteiger partial charge in [-0.15, -0.1) is 0 Å². The first kappa shape index (κ1) is 10.7. The van der Waals surface area contributed by atoms with Crippen molar-refractivity contribution in [3.8, 4) is 5.75 Å². The summed E-state index contributed by atoms with van der Waals surface area (Å²) in [5, 5.41) is 9.61. The van der Waals surface area contributed by atoms with Crippen LogP contribution in [-0.2, 0) is 12.8 Å². The molecule has 0 aliphatic heterocycles. The fourth-order valence-corrected chi connectivity index (χ4v) is 1.63. The highest BCUT2D eigenvalue weighted by Gasteiger charge is 2.00. The molecule has 0 aliphatic carbocycles. The molecule has 1 aromatic carbocycles. The number of hydrogen-bond acceptors (Lipinski definition) is 2. The molecule has 0 saturated heterocycles. The molecular weight excluding hydrogens is 198 g/mol. The molecule has 1 heterocycles. The third-order valence-corrected chi connectivity index (χ3v) is 2.61. The SMILES string of the molecule is Cc1ccc(CCc2ccccc2O)nc1. The van der Waals surface area contributed by atoms with E-state index < -0.39 is 0 Å². The fraction of sp³-hybridized carbons (Fsp3) is 0.214. The molecule has 2 heteroatoms. The van der Waals surface area contributed by atoms with E-state index in [9.17, 15) is 5.11 Å². The van der Waals surface area contributed by atoms with E-state index in [2.05, 4.69) is 11.1 Å². The first-order valence-electron chi connectivity index (χ1n) is 5.44.